The summed E-state index contributed by atoms with van der Waals surface area (Å²) < 4.78 is 5.19. The van der Waals surface area contributed by atoms with Crippen LogP contribution in [0, 0.1) is 0 Å². The highest BCUT2D eigenvalue weighted by atomic mass is 16.5. The lowest BCUT2D eigenvalue weighted by Crippen LogP contribution is -2.23. The molecule has 0 saturated carbocycles. The molecular formula is C15H17NO2. The molecule has 0 bridgehead atoms. The van der Waals surface area contributed by atoms with E-state index in [0.717, 1.165) is 22.1 Å². The summed E-state index contributed by atoms with van der Waals surface area (Å²) in [6.07, 6.45) is 0. The van der Waals surface area contributed by atoms with Gasteiger partial charge in [-0.15, -0.1) is 0 Å². The summed E-state index contributed by atoms with van der Waals surface area (Å²) >= 11 is 0. The Balaban J connectivity index is 2.42. The molecule has 0 aliphatic carbocycles. The van der Waals surface area contributed by atoms with Crippen molar-refractivity contribution in [2.24, 2.45) is 0 Å². The molecular weight excluding hydrogens is 226 g/mol. The standard InChI is InChI=1S/C15H17NO2/c1-10(15(17)16-2)11-4-5-13-9-14(18-3)7-6-12(13)8-11/h4-10H,1-3H3,(H,16,17). The van der Waals surface area contributed by atoms with E-state index in [2.05, 4.69) is 11.4 Å². The van der Waals surface area contributed by atoms with Gasteiger partial charge in [-0.25, -0.2) is 0 Å². The van der Waals surface area contributed by atoms with Crippen LogP contribution in [0.4, 0.5) is 0 Å². The molecule has 2 aromatic carbocycles. The van der Waals surface area contributed by atoms with Crippen LogP contribution in [0.5, 0.6) is 5.75 Å². The third-order valence-corrected chi connectivity index (χ3v) is 3.21. The van der Waals surface area contributed by atoms with Crippen LogP contribution in [0.25, 0.3) is 10.8 Å². The molecule has 1 atom stereocenters. The number of carbonyl (C=O) groups excluding carboxylic acids is 1. The van der Waals surface area contributed by atoms with E-state index in [4.69, 9.17) is 4.74 Å². The molecule has 18 heavy (non-hydrogen) atoms. The Kier molecular flexibility index (Phi) is 3.51. The number of methoxy groups -OCH3 is 1. The van der Waals surface area contributed by atoms with Crippen LogP contribution in [0.2, 0.25) is 0 Å². The predicted octanol–water partition coefficient (Wildman–Crippen LogP) is 2.70. The lowest BCUT2D eigenvalue weighted by Gasteiger charge is -2.11. The minimum Gasteiger partial charge on any atom is -0.497 e. The Labute approximate surface area is 107 Å². The number of ether oxygens (including phenoxy) is 1. The largest absolute Gasteiger partial charge is 0.497 e. The number of carbonyl (C=O) groups is 1. The first kappa shape index (κ1) is 12.4. The van der Waals surface area contributed by atoms with Crippen molar-refractivity contribution in [3.05, 3.63) is 42.0 Å². The van der Waals surface area contributed by atoms with Gasteiger partial charge in [-0.2, -0.15) is 0 Å². The minimum absolute atomic E-state index is 0.0304. The van der Waals surface area contributed by atoms with Gasteiger partial charge in [-0.05, 0) is 35.4 Å². The molecule has 3 nitrogen and oxygen atoms in total. The van der Waals surface area contributed by atoms with E-state index in [-0.39, 0.29) is 11.8 Å². The van der Waals surface area contributed by atoms with Gasteiger partial charge >= 0.3 is 0 Å². The maximum atomic E-state index is 11.6. The summed E-state index contributed by atoms with van der Waals surface area (Å²) in [6, 6.07) is 12.0. The Morgan fingerprint density at radius 1 is 1.17 bits per heavy atom. The van der Waals surface area contributed by atoms with Crippen LogP contribution in [0.1, 0.15) is 18.4 Å². The summed E-state index contributed by atoms with van der Waals surface area (Å²) in [5, 5.41) is 4.90. The molecule has 1 unspecified atom stereocenters. The molecule has 0 saturated heterocycles. The summed E-state index contributed by atoms with van der Waals surface area (Å²) in [5.41, 5.74) is 1.02. The van der Waals surface area contributed by atoms with E-state index in [1.807, 2.05) is 37.3 Å². The first-order valence-electron chi connectivity index (χ1n) is 5.95. The summed E-state index contributed by atoms with van der Waals surface area (Å²) in [6.45, 7) is 1.91. The van der Waals surface area contributed by atoms with Gasteiger partial charge in [0.1, 0.15) is 5.75 Å². The van der Waals surface area contributed by atoms with Gasteiger partial charge in [-0.3, -0.25) is 4.79 Å². The van der Waals surface area contributed by atoms with E-state index < -0.39 is 0 Å². The minimum atomic E-state index is -0.137. The van der Waals surface area contributed by atoms with Gasteiger partial charge < -0.3 is 10.1 Å². The van der Waals surface area contributed by atoms with E-state index in [0.29, 0.717) is 0 Å². The fraction of sp³-hybridized carbons (Fsp3) is 0.267. The Bertz CT molecular complexity index is 578. The molecule has 2 rings (SSSR count). The summed E-state index contributed by atoms with van der Waals surface area (Å²) in [7, 11) is 3.31. The van der Waals surface area contributed by atoms with Gasteiger partial charge in [0.05, 0.1) is 13.0 Å². The molecule has 0 heterocycles. The number of nitrogens with one attached hydrogen (secondary N) is 1. The summed E-state index contributed by atoms with van der Waals surface area (Å²) in [5.74, 6) is 0.735. The van der Waals surface area contributed by atoms with Gasteiger partial charge in [0.25, 0.3) is 0 Å². The second-order valence-corrected chi connectivity index (χ2v) is 4.31. The van der Waals surface area contributed by atoms with Crippen LogP contribution in [0.15, 0.2) is 36.4 Å². The second-order valence-electron chi connectivity index (χ2n) is 4.31. The second kappa shape index (κ2) is 5.08. The van der Waals surface area contributed by atoms with Crippen molar-refractivity contribution in [2.45, 2.75) is 12.8 Å². The van der Waals surface area contributed by atoms with Crippen LogP contribution >= 0.6 is 0 Å². The van der Waals surface area contributed by atoms with E-state index in [9.17, 15) is 4.79 Å². The molecule has 0 aliphatic rings. The Hall–Kier alpha value is -2.03. The third-order valence-electron chi connectivity index (χ3n) is 3.21. The van der Waals surface area contributed by atoms with Crippen molar-refractivity contribution in [3.8, 4) is 5.75 Å². The van der Waals surface area contributed by atoms with E-state index in [1.54, 1.807) is 14.2 Å². The molecule has 0 aromatic heterocycles. The van der Waals surface area contributed by atoms with Gasteiger partial charge in [0, 0.05) is 7.05 Å². The average Bonchev–Trinajstić information content (AvgIpc) is 2.44. The smallest absolute Gasteiger partial charge is 0.227 e. The van der Waals surface area contributed by atoms with Crippen molar-refractivity contribution in [1.29, 1.82) is 0 Å². The number of fused-ring (bicyclic) bond motifs is 1. The van der Waals surface area contributed by atoms with E-state index in [1.165, 1.54) is 0 Å². The molecule has 0 fully saturated rings. The zero-order valence-electron chi connectivity index (χ0n) is 10.9. The van der Waals surface area contributed by atoms with Crippen molar-refractivity contribution < 1.29 is 9.53 Å². The molecule has 0 aliphatic heterocycles. The quantitative estimate of drug-likeness (QED) is 0.900. The van der Waals surface area contributed by atoms with E-state index >= 15 is 0 Å². The zero-order chi connectivity index (χ0) is 13.1. The molecule has 3 heteroatoms. The number of likely N-dealkylation sites (N-methyl/N-ethyl adjacent to an activating group) is 1. The van der Waals surface area contributed by atoms with Crippen LogP contribution < -0.4 is 10.1 Å². The fourth-order valence-corrected chi connectivity index (χ4v) is 2.01. The number of rotatable bonds is 3. The monoisotopic (exact) mass is 243 g/mol. The number of benzene rings is 2. The lowest BCUT2D eigenvalue weighted by molar-refractivity contribution is -0.121. The lowest BCUT2D eigenvalue weighted by atomic mass is 9.97. The van der Waals surface area contributed by atoms with Crippen molar-refractivity contribution in [1.82, 2.24) is 5.32 Å². The molecule has 0 radical (unpaired) electrons. The van der Waals surface area contributed by atoms with Crippen LogP contribution in [-0.2, 0) is 4.79 Å². The molecule has 94 valence electrons. The molecule has 0 spiro atoms. The first-order valence-corrected chi connectivity index (χ1v) is 5.95. The fourth-order valence-electron chi connectivity index (χ4n) is 2.01. The van der Waals surface area contributed by atoms with Crippen LogP contribution in [-0.4, -0.2) is 20.1 Å². The van der Waals surface area contributed by atoms with Crippen molar-refractivity contribution in [3.63, 3.8) is 0 Å². The van der Waals surface area contributed by atoms with Crippen molar-refractivity contribution in [2.75, 3.05) is 14.2 Å². The summed E-state index contributed by atoms with van der Waals surface area (Å²) in [4.78, 5) is 11.6. The zero-order valence-corrected chi connectivity index (χ0v) is 10.9. The highest BCUT2D eigenvalue weighted by Crippen LogP contribution is 2.25. The highest BCUT2D eigenvalue weighted by Gasteiger charge is 2.13. The first-order chi connectivity index (χ1) is 8.65. The number of amides is 1. The number of hydrogen-bond acceptors (Lipinski definition) is 2. The molecule has 2 aromatic rings. The van der Waals surface area contributed by atoms with Crippen molar-refractivity contribution >= 4 is 16.7 Å². The predicted molar refractivity (Wildman–Crippen MR) is 73.0 cm³/mol. The van der Waals surface area contributed by atoms with Gasteiger partial charge in [-0.1, -0.05) is 24.3 Å². The average molecular weight is 243 g/mol. The topological polar surface area (TPSA) is 38.3 Å². The maximum absolute atomic E-state index is 11.6. The Morgan fingerprint density at radius 3 is 2.50 bits per heavy atom. The van der Waals surface area contributed by atoms with Crippen LogP contribution in [0.3, 0.4) is 0 Å². The Morgan fingerprint density at radius 2 is 1.83 bits per heavy atom. The van der Waals surface area contributed by atoms with Gasteiger partial charge in [0.15, 0.2) is 0 Å². The van der Waals surface area contributed by atoms with Gasteiger partial charge in [0.2, 0.25) is 5.91 Å². The SMILES string of the molecule is CNC(=O)C(C)c1ccc2cc(OC)ccc2c1. The highest BCUT2D eigenvalue weighted by molar-refractivity contribution is 5.88. The molecule has 1 N–H and O–H groups in total. The number of hydrogen-bond donors (Lipinski definition) is 1. The normalized spacial score (nSPS) is 12.2. The molecule has 1 amide bonds. The maximum Gasteiger partial charge on any atom is 0.227 e. The third kappa shape index (κ3) is 2.30.